The third-order valence-corrected chi connectivity index (χ3v) is 5.11. The van der Waals surface area contributed by atoms with Crippen LogP contribution in [0.25, 0.3) is 10.9 Å². The quantitative estimate of drug-likeness (QED) is 0.514. The number of carbonyl (C=O) groups excluding carboxylic acids is 1. The SMILES string of the molecule is Cc1c(C(=O)n2c3c(c4ccccc42)CCCC3)cccc1[N+](=O)[O-]. The molecule has 126 valence electrons. The second-order valence-corrected chi connectivity index (χ2v) is 6.50. The van der Waals surface area contributed by atoms with Crippen LogP contribution in [0.2, 0.25) is 0 Å². The number of rotatable bonds is 2. The van der Waals surface area contributed by atoms with Gasteiger partial charge in [0.05, 0.1) is 16.0 Å². The summed E-state index contributed by atoms with van der Waals surface area (Å²) < 4.78 is 1.77. The Balaban J connectivity index is 1.96. The summed E-state index contributed by atoms with van der Waals surface area (Å²) in [5.41, 5.74) is 3.99. The molecule has 5 nitrogen and oxygen atoms in total. The lowest BCUT2D eigenvalue weighted by molar-refractivity contribution is -0.385. The monoisotopic (exact) mass is 334 g/mol. The molecule has 0 fully saturated rings. The van der Waals surface area contributed by atoms with E-state index in [1.165, 1.54) is 11.6 Å². The Morgan fingerprint density at radius 1 is 1.08 bits per heavy atom. The van der Waals surface area contributed by atoms with E-state index >= 15 is 0 Å². The highest BCUT2D eigenvalue weighted by atomic mass is 16.6. The lowest BCUT2D eigenvalue weighted by Gasteiger charge is -2.15. The molecule has 4 rings (SSSR count). The van der Waals surface area contributed by atoms with E-state index in [9.17, 15) is 14.9 Å². The van der Waals surface area contributed by atoms with Crippen molar-refractivity contribution in [1.29, 1.82) is 0 Å². The maximum atomic E-state index is 13.3. The molecule has 3 aromatic rings. The number of para-hydroxylation sites is 1. The molecular weight excluding hydrogens is 316 g/mol. The number of nitro groups is 1. The normalized spacial score (nSPS) is 13.6. The van der Waals surface area contributed by atoms with Gasteiger partial charge in [-0.15, -0.1) is 0 Å². The van der Waals surface area contributed by atoms with Crippen molar-refractivity contribution in [1.82, 2.24) is 4.57 Å². The van der Waals surface area contributed by atoms with Gasteiger partial charge in [0.1, 0.15) is 0 Å². The molecule has 0 N–H and O–H groups in total. The van der Waals surface area contributed by atoms with Gasteiger partial charge in [-0.25, -0.2) is 0 Å². The highest BCUT2D eigenvalue weighted by molar-refractivity contribution is 6.05. The zero-order valence-corrected chi connectivity index (χ0v) is 14.0. The largest absolute Gasteiger partial charge is 0.280 e. The summed E-state index contributed by atoms with van der Waals surface area (Å²) in [5, 5.41) is 12.3. The summed E-state index contributed by atoms with van der Waals surface area (Å²) in [4.78, 5) is 24.1. The molecule has 1 aromatic heterocycles. The average Bonchev–Trinajstić information content (AvgIpc) is 2.95. The predicted octanol–water partition coefficient (Wildman–Crippen LogP) is 4.43. The van der Waals surface area contributed by atoms with Crippen LogP contribution in [-0.4, -0.2) is 15.4 Å². The number of nitro benzene ring substituents is 1. The first-order chi connectivity index (χ1) is 12.1. The maximum absolute atomic E-state index is 13.3. The minimum Gasteiger partial charge on any atom is -0.280 e. The van der Waals surface area contributed by atoms with E-state index in [1.807, 2.05) is 18.2 Å². The minimum atomic E-state index is -0.435. The van der Waals surface area contributed by atoms with Gasteiger partial charge >= 0.3 is 0 Å². The van der Waals surface area contributed by atoms with Crippen LogP contribution < -0.4 is 0 Å². The number of aromatic nitrogens is 1. The Morgan fingerprint density at radius 2 is 1.84 bits per heavy atom. The Kier molecular flexibility index (Phi) is 3.64. The first-order valence-electron chi connectivity index (χ1n) is 8.49. The summed E-state index contributed by atoms with van der Waals surface area (Å²) in [5.74, 6) is -0.180. The molecule has 0 atom stereocenters. The highest BCUT2D eigenvalue weighted by Gasteiger charge is 2.26. The van der Waals surface area contributed by atoms with Crippen LogP contribution in [0.15, 0.2) is 42.5 Å². The molecule has 0 bridgehead atoms. The summed E-state index contributed by atoms with van der Waals surface area (Å²) in [6.45, 7) is 1.64. The Morgan fingerprint density at radius 3 is 2.64 bits per heavy atom. The molecular formula is C20H18N2O3. The van der Waals surface area contributed by atoms with Crippen molar-refractivity contribution >= 4 is 22.5 Å². The topological polar surface area (TPSA) is 65.1 Å². The third-order valence-electron chi connectivity index (χ3n) is 5.11. The fraction of sp³-hybridized carbons (Fsp3) is 0.250. The zero-order valence-electron chi connectivity index (χ0n) is 14.0. The van der Waals surface area contributed by atoms with Crippen molar-refractivity contribution in [3.8, 4) is 0 Å². The molecule has 0 unspecified atom stereocenters. The van der Waals surface area contributed by atoms with Gasteiger partial charge in [0.25, 0.3) is 11.6 Å². The van der Waals surface area contributed by atoms with E-state index in [4.69, 9.17) is 0 Å². The molecule has 0 amide bonds. The van der Waals surface area contributed by atoms with E-state index in [0.29, 0.717) is 11.1 Å². The van der Waals surface area contributed by atoms with Crippen LogP contribution in [0.3, 0.4) is 0 Å². The zero-order chi connectivity index (χ0) is 17.6. The van der Waals surface area contributed by atoms with Crippen molar-refractivity contribution in [2.75, 3.05) is 0 Å². The van der Waals surface area contributed by atoms with Gasteiger partial charge in [0.15, 0.2) is 0 Å². The standard InChI is InChI=1S/C20H18N2O3/c1-13-14(9-6-12-17(13)22(24)25)20(23)21-18-10-4-2-7-15(18)16-8-3-5-11-19(16)21/h2,4,6-7,9-10,12H,3,5,8,11H2,1H3. The van der Waals surface area contributed by atoms with E-state index in [1.54, 1.807) is 23.6 Å². The molecule has 0 radical (unpaired) electrons. The van der Waals surface area contributed by atoms with Crippen LogP contribution in [0.4, 0.5) is 5.69 Å². The van der Waals surface area contributed by atoms with Crippen LogP contribution in [0.5, 0.6) is 0 Å². The number of carbonyl (C=O) groups is 1. The number of nitrogens with zero attached hydrogens (tertiary/aromatic N) is 2. The van der Waals surface area contributed by atoms with Gasteiger partial charge in [-0.1, -0.05) is 24.3 Å². The Labute approximate surface area is 145 Å². The van der Waals surface area contributed by atoms with Crippen molar-refractivity contribution in [2.24, 2.45) is 0 Å². The van der Waals surface area contributed by atoms with Crippen molar-refractivity contribution < 1.29 is 9.72 Å². The molecule has 25 heavy (non-hydrogen) atoms. The Bertz CT molecular complexity index is 1020. The third kappa shape index (κ3) is 2.35. The summed E-state index contributed by atoms with van der Waals surface area (Å²) in [6, 6.07) is 12.6. The Hall–Kier alpha value is -2.95. The first-order valence-corrected chi connectivity index (χ1v) is 8.49. The van der Waals surface area contributed by atoms with Crippen molar-refractivity contribution in [3.63, 3.8) is 0 Å². The van der Waals surface area contributed by atoms with Gasteiger partial charge in [-0.05, 0) is 50.3 Å². The molecule has 1 aliphatic carbocycles. The number of hydrogen-bond donors (Lipinski definition) is 0. The smallest absolute Gasteiger partial charge is 0.273 e. The molecule has 0 spiro atoms. The fourth-order valence-electron chi connectivity index (χ4n) is 3.90. The summed E-state index contributed by atoms with van der Waals surface area (Å²) in [6.07, 6.45) is 4.03. The predicted molar refractivity (Wildman–Crippen MR) is 96.1 cm³/mol. The van der Waals surface area contributed by atoms with E-state index in [-0.39, 0.29) is 11.6 Å². The second-order valence-electron chi connectivity index (χ2n) is 6.50. The lowest BCUT2D eigenvalue weighted by atomic mass is 9.95. The van der Waals surface area contributed by atoms with Crippen LogP contribution in [0.1, 0.15) is 40.0 Å². The van der Waals surface area contributed by atoms with Crippen molar-refractivity contribution in [3.05, 3.63) is 75.0 Å². The van der Waals surface area contributed by atoms with Gasteiger partial charge in [0.2, 0.25) is 0 Å². The molecule has 2 aromatic carbocycles. The average molecular weight is 334 g/mol. The first kappa shape index (κ1) is 15.6. The molecule has 1 heterocycles. The lowest BCUT2D eigenvalue weighted by Crippen LogP contribution is -2.18. The summed E-state index contributed by atoms with van der Waals surface area (Å²) in [7, 11) is 0. The molecule has 0 aliphatic heterocycles. The van der Waals surface area contributed by atoms with Crippen LogP contribution in [-0.2, 0) is 12.8 Å². The van der Waals surface area contributed by atoms with E-state index in [2.05, 4.69) is 6.07 Å². The van der Waals surface area contributed by atoms with Gasteiger partial charge in [0, 0.05) is 22.7 Å². The number of benzene rings is 2. The number of aryl methyl sites for hydroxylation is 1. The molecule has 1 aliphatic rings. The fourth-order valence-corrected chi connectivity index (χ4v) is 3.90. The van der Waals surface area contributed by atoms with Gasteiger partial charge < -0.3 is 0 Å². The van der Waals surface area contributed by atoms with Crippen molar-refractivity contribution in [2.45, 2.75) is 32.6 Å². The highest BCUT2D eigenvalue weighted by Crippen LogP contribution is 2.33. The van der Waals surface area contributed by atoms with Gasteiger partial charge in [-0.3, -0.25) is 19.5 Å². The maximum Gasteiger partial charge on any atom is 0.273 e. The van der Waals surface area contributed by atoms with E-state index in [0.717, 1.165) is 42.3 Å². The molecule has 5 heteroatoms. The van der Waals surface area contributed by atoms with E-state index < -0.39 is 4.92 Å². The number of fused-ring (bicyclic) bond motifs is 3. The number of hydrogen-bond acceptors (Lipinski definition) is 3. The second kappa shape index (κ2) is 5.84. The van der Waals surface area contributed by atoms with Crippen LogP contribution in [0, 0.1) is 17.0 Å². The summed E-state index contributed by atoms with van der Waals surface area (Å²) >= 11 is 0. The molecule has 0 saturated heterocycles. The van der Waals surface area contributed by atoms with Crippen LogP contribution >= 0.6 is 0 Å². The van der Waals surface area contributed by atoms with Gasteiger partial charge in [-0.2, -0.15) is 0 Å². The minimum absolute atomic E-state index is 0.0174. The molecule has 0 saturated carbocycles.